The molecule has 2 aliphatic heterocycles. The Balaban J connectivity index is 1.40. The number of nitrogens with zero attached hydrogens (tertiary/aromatic N) is 1. The van der Waals surface area contributed by atoms with Crippen molar-refractivity contribution in [2.45, 2.75) is 94.9 Å². The lowest BCUT2D eigenvalue weighted by Gasteiger charge is -2.51. The highest BCUT2D eigenvalue weighted by Crippen LogP contribution is 2.38. The van der Waals surface area contributed by atoms with Crippen molar-refractivity contribution in [3.8, 4) is 0 Å². The standard InChI is InChI=1S/C26H39NO4/c1-2-3-4-5-6-7-8-9-13-16-26(29)17-23-20-30-21-24(18-26)27(23)25(28)31-19-22-14-11-10-12-15-22/h2,10-12,14-15,23-24,29H,1,3-9,13,16-21H2. The predicted molar refractivity (Wildman–Crippen MR) is 123 cm³/mol. The average Bonchev–Trinajstić information content (AvgIpc) is 2.76. The van der Waals surface area contributed by atoms with E-state index in [0.717, 1.165) is 24.8 Å². The molecule has 1 aromatic rings. The van der Waals surface area contributed by atoms with Crippen molar-refractivity contribution in [1.29, 1.82) is 0 Å². The molecule has 3 rings (SSSR count). The van der Waals surface area contributed by atoms with Crippen molar-refractivity contribution in [3.05, 3.63) is 48.6 Å². The first kappa shape index (κ1) is 23.8. The molecule has 0 radical (unpaired) electrons. The highest BCUT2D eigenvalue weighted by Gasteiger charge is 2.48. The molecule has 1 N–H and O–H groups in total. The highest BCUT2D eigenvalue weighted by atomic mass is 16.6. The second-order valence-corrected chi connectivity index (χ2v) is 9.23. The molecule has 2 heterocycles. The van der Waals surface area contributed by atoms with Gasteiger partial charge in [0, 0.05) is 0 Å². The van der Waals surface area contributed by atoms with Gasteiger partial charge in [0.2, 0.25) is 0 Å². The number of aliphatic hydroxyl groups is 1. The quantitative estimate of drug-likeness (QED) is 0.346. The summed E-state index contributed by atoms with van der Waals surface area (Å²) in [7, 11) is 0. The third-order valence-corrected chi connectivity index (χ3v) is 6.60. The smallest absolute Gasteiger partial charge is 0.410 e. The number of benzene rings is 1. The molecule has 172 valence electrons. The minimum atomic E-state index is -0.695. The summed E-state index contributed by atoms with van der Waals surface area (Å²) >= 11 is 0. The van der Waals surface area contributed by atoms with Crippen LogP contribution in [-0.4, -0.2) is 47.0 Å². The number of unbranched alkanes of at least 4 members (excludes halogenated alkanes) is 7. The van der Waals surface area contributed by atoms with Crippen LogP contribution in [0.3, 0.4) is 0 Å². The third kappa shape index (κ3) is 7.36. The maximum absolute atomic E-state index is 12.8. The maximum Gasteiger partial charge on any atom is 0.410 e. The molecule has 0 saturated carbocycles. The Morgan fingerprint density at radius 1 is 1.06 bits per heavy atom. The van der Waals surface area contributed by atoms with Crippen LogP contribution in [0, 0.1) is 0 Å². The first-order valence-corrected chi connectivity index (χ1v) is 12.0. The summed E-state index contributed by atoms with van der Waals surface area (Å²) in [6.45, 7) is 4.99. The largest absolute Gasteiger partial charge is 0.445 e. The van der Waals surface area contributed by atoms with Crippen LogP contribution >= 0.6 is 0 Å². The van der Waals surface area contributed by atoms with Gasteiger partial charge in [0.1, 0.15) is 6.61 Å². The first-order valence-electron chi connectivity index (χ1n) is 12.0. The number of allylic oxidation sites excluding steroid dienone is 1. The molecule has 1 aromatic carbocycles. The van der Waals surface area contributed by atoms with Crippen LogP contribution < -0.4 is 0 Å². The molecular weight excluding hydrogens is 390 g/mol. The second-order valence-electron chi connectivity index (χ2n) is 9.23. The van der Waals surface area contributed by atoms with Crippen molar-refractivity contribution in [2.24, 2.45) is 0 Å². The van der Waals surface area contributed by atoms with Gasteiger partial charge in [-0.2, -0.15) is 0 Å². The molecule has 0 aromatic heterocycles. The van der Waals surface area contributed by atoms with E-state index in [-0.39, 0.29) is 24.8 Å². The number of carbonyl (C=O) groups is 1. The molecule has 2 bridgehead atoms. The van der Waals surface area contributed by atoms with Crippen LogP contribution in [-0.2, 0) is 16.1 Å². The Bertz CT molecular complexity index is 663. The Morgan fingerprint density at radius 2 is 1.68 bits per heavy atom. The number of hydrogen-bond acceptors (Lipinski definition) is 4. The van der Waals surface area contributed by atoms with E-state index in [0.29, 0.717) is 26.1 Å². The van der Waals surface area contributed by atoms with Crippen LogP contribution in [0.25, 0.3) is 0 Å². The SMILES string of the molecule is C=CCCCCCCCCCC1(O)CC2COCC(C1)N2C(=O)OCc1ccccc1. The summed E-state index contributed by atoms with van der Waals surface area (Å²) in [5, 5.41) is 11.2. The van der Waals surface area contributed by atoms with Gasteiger partial charge in [0.15, 0.2) is 0 Å². The molecule has 5 nitrogen and oxygen atoms in total. The summed E-state index contributed by atoms with van der Waals surface area (Å²) in [6, 6.07) is 9.52. The number of rotatable bonds is 12. The lowest BCUT2D eigenvalue weighted by Crippen LogP contribution is -2.63. The van der Waals surface area contributed by atoms with Crippen LogP contribution in [0.1, 0.15) is 76.2 Å². The van der Waals surface area contributed by atoms with E-state index < -0.39 is 5.60 Å². The predicted octanol–water partition coefficient (Wildman–Crippen LogP) is 5.61. The van der Waals surface area contributed by atoms with Crippen molar-refractivity contribution >= 4 is 6.09 Å². The van der Waals surface area contributed by atoms with Crippen LogP contribution in [0.15, 0.2) is 43.0 Å². The fraction of sp³-hybridized carbons (Fsp3) is 0.654. The highest BCUT2D eigenvalue weighted by molar-refractivity contribution is 5.69. The molecule has 2 fully saturated rings. The van der Waals surface area contributed by atoms with E-state index in [9.17, 15) is 9.90 Å². The third-order valence-electron chi connectivity index (χ3n) is 6.60. The zero-order chi connectivity index (χ0) is 21.9. The maximum atomic E-state index is 12.8. The number of piperidine rings is 1. The minimum absolute atomic E-state index is 0.106. The number of hydrogen-bond donors (Lipinski definition) is 1. The fourth-order valence-corrected chi connectivity index (χ4v) is 5.00. The molecule has 2 unspecified atom stereocenters. The second kappa shape index (κ2) is 12.3. The number of ether oxygens (including phenoxy) is 2. The van der Waals surface area contributed by atoms with E-state index >= 15 is 0 Å². The summed E-state index contributed by atoms with van der Waals surface area (Å²) in [5.41, 5.74) is 0.283. The van der Waals surface area contributed by atoms with E-state index in [1.165, 1.54) is 38.5 Å². The molecule has 5 heteroatoms. The number of morpholine rings is 1. The molecule has 2 atom stereocenters. The monoisotopic (exact) mass is 429 g/mol. The normalized spacial score (nSPS) is 25.3. The molecule has 0 spiro atoms. The van der Waals surface area contributed by atoms with E-state index in [1.807, 2.05) is 41.3 Å². The zero-order valence-electron chi connectivity index (χ0n) is 18.8. The van der Waals surface area contributed by atoms with Crippen LogP contribution in [0.4, 0.5) is 4.79 Å². The van der Waals surface area contributed by atoms with Gasteiger partial charge < -0.3 is 14.6 Å². The topological polar surface area (TPSA) is 59.0 Å². The van der Waals surface area contributed by atoms with E-state index in [2.05, 4.69) is 6.58 Å². The summed E-state index contributed by atoms with van der Waals surface area (Å²) in [5.74, 6) is 0. The van der Waals surface area contributed by atoms with E-state index in [4.69, 9.17) is 9.47 Å². The van der Waals surface area contributed by atoms with Gasteiger partial charge in [-0.05, 0) is 37.7 Å². The fourth-order valence-electron chi connectivity index (χ4n) is 5.00. The van der Waals surface area contributed by atoms with Crippen molar-refractivity contribution < 1.29 is 19.4 Å². The molecule has 31 heavy (non-hydrogen) atoms. The number of carbonyl (C=O) groups excluding carboxylic acids is 1. The first-order chi connectivity index (χ1) is 15.1. The van der Waals surface area contributed by atoms with Gasteiger partial charge in [0.25, 0.3) is 0 Å². The summed E-state index contributed by atoms with van der Waals surface area (Å²) in [4.78, 5) is 14.6. The van der Waals surface area contributed by atoms with Crippen LogP contribution in [0.5, 0.6) is 0 Å². The van der Waals surface area contributed by atoms with Crippen LogP contribution in [0.2, 0.25) is 0 Å². The van der Waals surface area contributed by atoms with Gasteiger partial charge in [-0.3, -0.25) is 4.90 Å². The summed E-state index contributed by atoms with van der Waals surface area (Å²) < 4.78 is 11.3. The Kier molecular flexibility index (Phi) is 9.41. The summed E-state index contributed by atoms with van der Waals surface area (Å²) in [6.07, 6.45) is 13.3. The van der Waals surface area contributed by atoms with Gasteiger partial charge in [0.05, 0.1) is 30.9 Å². The number of fused-ring (bicyclic) bond motifs is 2. The molecule has 2 saturated heterocycles. The molecule has 1 amide bonds. The molecular formula is C26H39NO4. The number of amides is 1. The Labute approximate surface area is 187 Å². The average molecular weight is 430 g/mol. The lowest BCUT2D eigenvalue weighted by molar-refractivity contribution is -0.136. The van der Waals surface area contributed by atoms with Gasteiger partial charge in [-0.15, -0.1) is 6.58 Å². The van der Waals surface area contributed by atoms with Crippen molar-refractivity contribution in [3.63, 3.8) is 0 Å². The van der Waals surface area contributed by atoms with E-state index in [1.54, 1.807) is 0 Å². The Hall–Kier alpha value is -1.85. The van der Waals surface area contributed by atoms with Gasteiger partial charge in [-0.25, -0.2) is 4.79 Å². The lowest BCUT2D eigenvalue weighted by atomic mass is 9.78. The van der Waals surface area contributed by atoms with Gasteiger partial charge in [-0.1, -0.05) is 74.9 Å². The van der Waals surface area contributed by atoms with Crippen molar-refractivity contribution in [1.82, 2.24) is 4.90 Å². The molecule has 0 aliphatic carbocycles. The molecule has 2 aliphatic rings. The zero-order valence-corrected chi connectivity index (χ0v) is 18.8. The van der Waals surface area contributed by atoms with Crippen molar-refractivity contribution in [2.75, 3.05) is 13.2 Å². The Morgan fingerprint density at radius 3 is 2.32 bits per heavy atom. The minimum Gasteiger partial charge on any atom is -0.445 e. The van der Waals surface area contributed by atoms with Gasteiger partial charge >= 0.3 is 6.09 Å².